The topological polar surface area (TPSA) is 54.0 Å². The zero-order chi connectivity index (χ0) is 18.7. The van der Waals surface area contributed by atoms with Gasteiger partial charge in [0.25, 0.3) is 0 Å². The number of fused-ring (bicyclic) bond motifs is 1. The molecule has 2 aliphatic heterocycles. The molecule has 0 aliphatic carbocycles. The highest BCUT2D eigenvalue weighted by atomic mass is 16.6. The molecular weight excluding hydrogens is 330 g/mol. The zero-order valence-electron chi connectivity index (χ0n) is 16.4. The number of carbonyl (C=O) groups excluding carboxylic acids is 1. The maximum atomic E-state index is 12.0. The van der Waals surface area contributed by atoms with Crippen molar-refractivity contribution in [2.45, 2.75) is 45.8 Å². The summed E-state index contributed by atoms with van der Waals surface area (Å²) in [6.45, 7) is 12.9. The van der Waals surface area contributed by atoms with E-state index in [1.165, 1.54) is 16.9 Å². The van der Waals surface area contributed by atoms with Gasteiger partial charge < -0.3 is 24.6 Å². The van der Waals surface area contributed by atoms with Gasteiger partial charge in [0.2, 0.25) is 0 Å². The van der Waals surface area contributed by atoms with Crippen molar-refractivity contribution in [1.29, 1.82) is 0 Å². The normalized spacial score (nSPS) is 18.5. The fraction of sp³-hybridized carbons (Fsp3) is 0.650. The molecule has 1 amide bonds. The summed E-state index contributed by atoms with van der Waals surface area (Å²) in [6, 6.07) is 6.76. The van der Waals surface area contributed by atoms with Gasteiger partial charge >= 0.3 is 6.09 Å². The second-order valence-corrected chi connectivity index (χ2v) is 8.16. The van der Waals surface area contributed by atoms with Gasteiger partial charge in [-0.25, -0.2) is 4.79 Å². The molecular formula is C20H31N3O3. The highest BCUT2D eigenvalue weighted by molar-refractivity contribution is 5.69. The molecule has 1 N–H and O–H groups in total. The van der Waals surface area contributed by atoms with Gasteiger partial charge in [0, 0.05) is 43.6 Å². The largest absolute Gasteiger partial charge is 0.444 e. The van der Waals surface area contributed by atoms with Gasteiger partial charge in [-0.05, 0) is 51.8 Å². The quantitative estimate of drug-likeness (QED) is 0.894. The predicted octanol–water partition coefficient (Wildman–Crippen LogP) is 2.80. The van der Waals surface area contributed by atoms with Crippen LogP contribution >= 0.6 is 0 Å². The van der Waals surface area contributed by atoms with Crippen LogP contribution in [0.15, 0.2) is 18.2 Å². The minimum absolute atomic E-state index is 0.0165. The Morgan fingerprint density at radius 3 is 2.69 bits per heavy atom. The van der Waals surface area contributed by atoms with Crippen molar-refractivity contribution in [2.24, 2.45) is 0 Å². The van der Waals surface area contributed by atoms with Crippen molar-refractivity contribution >= 4 is 17.5 Å². The Bertz CT molecular complexity index is 636. The molecule has 0 radical (unpaired) electrons. The number of rotatable bonds is 4. The van der Waals surface area contributed by atoms with Crippen LogP contribution in [0, 0.1) is 0 Å². The molecule has 0 saturated carbocycles. The number of alkyl carbamates (subject to hydrolysis) is 1. The third-order valence-corrected chi connectivity index (χ3v) is 4.69. The number of nitrogens with zero attached hydrogens (tertiary/aromatic N) is 2. The second-order valence-electron chi connectivity index (χ2n) is 8.16. The average Bonchev–Trinajstić information content (AvgIpc) is 2.96. The maximum Gasteiger partial charge on any atom is 0.407 e. The molecule has 0 aromatic heterocycles. The summed E-state index contributed by atoms with van der Waals surface area (Å²) in [4.78, 5) is 16.7. The Labute approximate surface area is 156 Å². The first-order valence-electron chi connectivity index (χ1n) is 9.52. The molecule has 1 saturated heterocycles. The first kappa shape index (κ1) is 18.8. The lowest BCUT2D eigenvalue weighted by Crippen LogP contribution is -2.43. The van der Waals surface area contributed by atoms with Gasteiger partial charge in [-0.1, -0.05) is 6.07 Å². The van der Waals surface area contributed by atoms with E-state index in [2.05, 4.69) is 33.3 Å². The van der Waals surface area contributed by atoms with Gasteiger partial charge in [-0.15, -0.1) is 0 Å². The van der Waals surface area contributed by atoms with E-state index < -0.39 is 5.60 Å². The molecule has 6 heteroatoms. The van der Waals surface area contributed by atoms with Crippen LogP contribution in [0.5, 0.6) is 0 Å². The number of nitrogens with one attached hydrogen (secondary N) is 1. The Morgan fingerprint density at radius 2 is 2.00 bits per heavy atom. The minimum Gasteiger partial charge on any atom is -0.444 e. The van der Waals surface area contributed by atoms with E-state index in [0.717, 1.165) is 45.8 Å². The van der Waals surface area contributed by atoms with Crippen LogP contribution in [0.2, 0.25) is 0 Å². The summed E-state index contributed by atoms with van der Waals surface area (Å²) < 4.78 is 10.8. The molecule has 6 nitrogen and oxygen atoms in total. The van der Waals surface area contributed by atoms with Crippen molar-refractivity contribution in [2.75, 3.05) is 49.2 Å². The van der Waals surface area contributed by atoms with Gasteiger partial charge in [0.1, 0.15) is 5.60 Å². The third-order valence-electron chi connectivity index (χ3n) is 4.69. The molecule has 1 aromatic rings. The van der Waals surface area contributed by atoms with E-state index in [0.29, 0.717) is 0 Å². The number of anilines is 2. The number of ether oxygens (including phenoxy) is 2. The number of morpholine rings is 1. The summed E-state index contributed by atoms with van der Waals surface area (Å²) >= 11 is 0. The Hall–Kier alpha value is -1.95. The molecule has 1 atom stereocenters. The molecule has 144 valence electrons. The first-order chi connectivity index (χ1) is 12.3. The lowest BCUT2D eigenvalue weighted by molar-refractivity contribution is 0.0510. The molecule has 3 rings (SSSR count). The molecule has 2 aliphatic rings. The van der Waals surface area contributed by atoms with Gasteiger partial charge in [0.05, 0.1) is 13.2 Å². The van der Waals surface area contributed by atoms with E-state index in [1.807, 2.05) is 27.7 Å². The van der Waals surface area contributed by atoms with E-state index in [-0.39, 0.29) is 12.1 Å². The van der Waals surface area contributed by atoms with Crippen LogP contribution < -0.4 is 15.1 Å². The Balaban J connectivity index is 1.62. The molecule has 0 spiro atoms. The summed E-state index contributed by atoms with van der Waals surface area (Å²) in [6.07, 6.45) is 0.698. The van der Waals surface area contributed by atoms with E-state index in [4.69, 9.17) is 9.47 Å². The van der Waals surface area contributed by atoms with Crippen LogP contribution in [0.3, 0.4) is 0 Å². The predicted molar refractivity (Wildman–Crippen MR) is 104 cm³/mol. The van der Waals surface area contributed by atoms with Crippen LogP contribution in [0.4, 0.5) is 16.2 Å². The molecule has 1 fully saturated rings. The SMILES string of the molecule is CC(CN1CCc2ccc(N3CCOCC3)cc21)NC(=O)OC(C)(C)C. The summed E-state index contributed by atoms with van der Waals surface area (Å²) in [5.41, 5.74) is 3.45. The van der Waals surface area contributed by atoms with Gasteiger partial charge in [-0.3, -0.25) is 0 Å². The van der Waals surface area contributed by atoms with E-state index in [9.17, 15) is 4.79 Å². The number of amides is 1. The number of benzene rings is 1. The standard InChI is InChI=1S/C20H31N3O3/c1-15(21-19(24)26-20(2,3)4)14-23-8-7-16-5-6-17(13-18(16)23)22-9-11-25-12-10-22/h5-6,13,15H,7-12,14H2,1-4H3,(H,21,24). The van der Waals surface area contributed by atoms with Crippen molar-refractivity contribution in [3.05, 3.63) is 23.8 Å². The zero-order valence-corrected chi connectivity index (χ0v) is 16.4. The molecule has 0 bridgehead atoms. The van der Waals surface area contributed by atoms with Crippen molar-refractivity contribution < 1.29 is 14.3 Å². The monoisotopic (exact) mass is 361 g/mol. The summed E-state index contributed by atoms with van der Waals surface area (Å²) in [5.74, 6) is 0. The highest BCUT2D eigenvalue weighted by Gasteiger charge is 2.24. The Morgan fingerprint density at radius 1 is 1.27 bits per heavy atom. The maximum absolute atomic E-state index is 12.0. The highest BCUT2D eigenvalue weighted by Crippen LogP contribution is 2.32. The molecule has 26 heavy (non-hydrogen) atoms. The van der Waals surface area contributed by atoms with Crippen LogP contribution in [-0.2, 0) is 15.9 Å². The second kappa shape index (κ2) is 7.74. The number of carbonyl (C=O) groups is 1. The van der Waals surface area contributed by atoms with Gasteiger partial charge in [0.15, 0.2) is 0 Å². The van der Waals surface area contributed by atoms with E-state index >= 15 is 0 Å². The lowest BCUT2D eigenvalue weighted by atomic mass is 10.1. The minimum atomic E-state index is -0.475. The smallest absolute Gasteiger partial charge is 0.407 e. The van der Waals surface area contributed by atoms with Crippen LogP contribution in [0.1, 0.15) is 33.3 Å². The fourth-order valence-corrected chi connectivity index (χ4v) is 3.53. The Kier molecular flexibility index (Phi) is 5.61. The molecule has 1 unspecified atom stereocenters. The summed E-state index contributed by atoms with van der Waals surface area (Å²) in [7, 11) is 0. The van der Waals surface area contributed by atoms with Crippen LogP contribution in [-0.4, -0.2) is 57.1 Å². The fourth-order valence-electron chi connectivity index (χ4n) is 3.53. The van der Waals surface area contributed by atoms with Crippen LogP contribution in [0.25, 0.3) is 0 Å². The average molecular weight is 361 g/mol. The lowest BCUT2D eigenvalue weighted by Gasteiger charge is -2.30. The summed E-state index contributed by atoms with van der Waals surface area (Å²) in [5, 5.41) is 2.94. The van der Waals surface area contributed by atoms with Crippen molar-refractivity contribution in [3.8, 4) is 0 Å². The molecule has 1 aromatic carbocycles. The van der Waals surface area contributed by atoms with E-state index in [1.54, 1.807) is 0 Å². The number of hydrogen-bond donors (Lipinski definition) is 1. The first-order valence-corrected chi connectivity index (χ1v) is 9.52. The van der Waals surface area contributed by atoms with Gasteiger partial charge in [-0.2, -0.15) is 0 Å². The van der Waals surface area contributed by atoms with Crippen molar-refractivity contribution in [1.82, 2.24) is 5.32 Å². The number of hydrogen-bond acceptors (Lipinski definition) is 5. The molecule has 2 heterocycles. The van der Waals surface area contributed by atoms with Crippen molar-refractivity contribution in [3.63, 3.8) is 0 Å². The third kappa shape index (κ3) is 4.81.